The van der Waals surface area contributed by atoms with Crippen molar-refractivity contribution >= 4 is 5.97 Å². The van der Waals surface area contributed by atoms with Gasteiger partial charge in [0.2, 0.25) is 0 Å². The van der Waals surface area contributed by atoms with Crippen molar-refractivity contribution in [2.75, 3.05) is 6.61 Å². The number of hydrogen-bond acceptors (Lipinski definition) is 2. The molecule has 0 aliphatic rings. The smallest absolute Gasteiger partial charge is 0.305 e. The zero-order valence-electron chi connectivity index (χ0n) is 12.6. The van der Waals surface area contributed by atoms with Crippen molar-refractivity contribution in [3.05, 3.63) is 5.92 Å². The highest BCUT2D eigenvalue weighted by Crippen LogP contribution is 2.10. The minimum atomic E-state index is -0.0425. The van der Waals surface area contributed by atoms with Crippen molar-refractivity contribution in [2.45, 2.75) is 85.0 Å². The first-order valence-corrected chi connectivity index (χ1v) is 7.61. The third-order valence-electron chi connectivity index (χ3n) is 3.01. The number of unbranched alkanes of at least 4 members (excludes halogenated alkanes) is 8. The predicted octanol–water partition coefficient (Wildman–Crippen LogP) is 5.06. The minimum Gasteiger partial charge on any atom is -0.465 e. The summed E-state index contributed by atoms with van der Waals surface area (Å²) in [7, 11) is 0. The summed E-state index contributed by atoms with van der Waals surface area (Å²) in [4.78, 5) is 11.3. The molecule has 0 aromatic carbocycles. The summed E-state index contributed by atoms with van der Waals surface area (Å²) < 4.78 is 5.10. The lowest BCUT2D eigenvalue weighted by Crippen LogP contribution is -2.08. The number of ether oxygens (including phenoxy) is 1. The fourth-order valence-electron chi connectivity index (χ4n) is 1.88. The molecule has 0 bridgehead atoms. The Hall–Kier alpha value is -0.530. The van der Waals surface area contributed by atoms with E-state index in [2.05, 4.69) is 6.92 Å². The van der Waals surface area contributed by atoms with Crippen molar-refractivity contribution in [1.29, 1.82) is 0 Å². The van der Waals surface area contributed by atoms with Crippen molar-refractivity contribution in [3.8, 4) is 0 Å². The molecule has 0 saturated heterocycles. The molecule has 0 aromatic rings. The molecule has 0 fully saturated rings. The van der Waals surface area contributed by atoms with E-state index in [-0.39, 0.29) is 5.97 Å². The highest BCUT2D eigenvalue weighted by molar-refractivity contribution is 5.69. The van der Waals surface area contributed by atoms with Crippen LogP contribution in [0.2, 0.25) is 0 Å². The largest absolute Gasteiger partial charge is 0.465 e. The van der Waals surface area contributed by atoms with E-state index < -0.39 is 0 Å². The number of carbonyl (C=O) groups excluding carboxylic acids is 1. The van der Waals surface area contributed by atoms with Crippen LogP contribution in [0.3, 0.4) is 0 Å². The van der Waals surface area contributed by atoms with Gasteiger partial charge in [0.15, 0.2) is 0 Å². The zero-order valence-corrected chi connectivity index (χ0v) is 12.6. The average Bonchev–Trinajstić information content (AvgIpc) is 2.34. The van der Waals surface area contributed by atoms with Crippen LogP contribution >= 0.6 is 0 Å². The van der Waals surface area contributed by atoms with Gasteiger partial charge in [-0.15, -0.1) is 0 Å². The molecule has 0 unspecified atom stereocenters. The van der Waals surface area contributed by atoms with E-state index in [4.69, 9.17) is 4.74 Å². The molecule has 18 heavy (non-hydrogen) atoms. The Bertz CT molecular complexity index is 188. The van der Waals surface area contributed by atoms with Gasteiger partial charge in [0.25, 0.3) is 0 Å². The zero-order chi connectivity index (χ0) is 13.6. The van der Waals surface area contributed by atoms with Gasteiger partial charge < -0.3 is 4.74 Å². The maximum absolute atomic E-state index is 11.3. The molecule has 0 amide bonds. The molecule has 2 heteroatoms. The summed E-state index contributed by atoms with van der Waals surface area (Å²) in [5.74, 6) is 1.11. The molecule has 107 valence electrons. The van der Waals surface area contributed by atoms with Gasteiger partial charge in [-0.1, -0.05) is 72.1 Å². The van der Waals surface area contributed by atoms with E-state index in [0.29, 0.717) is 13.0 Å². The van der Waals surface area contributed by atoms with Crippen molar-refractivity contribution in [1.82, 2.24) is 0 Å². The van der Waals surface area contributed by atoms with Gasteiger partial charge in [0.05, 0.1) is 6.61 Å². The number of rotatable bonds is 12. The second kappa shape index (κ2) is 12.9. The number of hydrogen-bond donors (Lipinski definition) is 0. The van der Waals surface area contributed by atoms with Gasteiger partial charge in [-0.3, -0.25) is 4.79 Å². The van der Waals surface area contributed by atoms with Gasteiger partial charge in [-0.2, -0.15) is 0 Å². The van der Waals surface area contributed by atoms with Crippen LogP contribution in [0.4, 0.5) is 0 Å². The molecule has 2 nitrogen and oxygen atoms in total. The maximum atomic E-state index is 11.3. The summed E-state index contributed by atoms with van der Waals surface area (Å²) >= 11 is 0. The van der Waals surface area contributed by atoms with E-state index in [1.807, 2.05) is 13.8 Å². The Balaban J connectivity index is 3.12. The topological polar surface area (TPSA) is 26.3 Å². The molecule has 0 aliphatic heterocycles. The quantitative estimate of drug-likeness (QED) is 0.360. The SMILES string of the molecule is CCCCCCCCCCCC(=O)OC[C](C)C. The molecule has 0 heterocycles. The first-order chi connectivity index (χ1) is 8.66. The lowest BCUT2D eigenvalue weighted by atomic mass is 10.1. The van der Waals surface area contributed by atoms with Crippen LogP contribution in [-0.2, 0) is 9.53 Å². The summed E-state index contributed by atoms with van der Waals surface area (Å²) in [5.41, 5.74) is 0. The lowest BCUT2D eigenvalue weighted by Gasteiger charge is -2.06. The van der Waals surface area contributed by atoms with Crippen LogP contribution in [0, 0.1) is 5.92 Å². The second-order valence-corrected chi connectivity index (χ2v) is 5.45. The molecule has 0 aromatic heterocycles. The maximum Gasteiger partial charge on any atom is 0.305 e. The number of esters is 1. The Morgan fingerprint density at radius 2 is 1.33 bits per heavy atom. The van der Waals surface area contributed by atoms with Crippen LogP contribution in [0.25, 0.3) is 0 Å². The monoisotopic (exact) mass is 255 g/mol. The molecule has 0 saturated carbocycles. The minimum absolute atomic E-state index is 0.0425. The van der Waals surface area contributed by atoms with Crippen molar-refractivity contribution in [2.24, 2.45) is 0 Å². The normalized spacial score (nSPS) is 10.9. The predicted molar refractivity (Wildman–Crippen MR) is 77.4 cm³/mol. The summed E-state index contributed by atoms with van der Waals surface area (Å²) in [6.45, 7) is 6.69. The van der Waals surface area contributed by atoms with E-state index in [1.54, 1.807) is 0 Å². The van der Waals surface area contributed by atoms with Gasteiger partial charge in [-0.05, 0) is 6.42 Å². The van der Waals surface area contributed by atoms with Crippen molar-refractivity contribution < 1.29 is 9.53 Å². The molecule has 0 atom stereocenters. The third-order valence-corrected chi connectivity index (χ3v) is 3.01. The number of carbonyl (C=O) groups is 1. The van der Waals surface area contributed by atoms with E-state index >= 15 is 0 Å². The van der Waals surface area contributed by atoms with Crippen LogP contribution in [-0.4, -0.2) is 12.6 Å². The molecule has 1 radical (unpaired) electrons. The lowest BCUT2D eigenvalue weighted by molar-refractivity contribution is -0.143. The first kappa shape index (κ1) is 17.5. The highest BCUT2D eigenvalue weighted by atomic mass is 16.5. The molecular weight excluding hydrogens is 224 g/mol. The Kier molecular flexibility index (Phi) is 12.5. The first-order valence-electron chi connectivity index (χ1n) is 7.61. The Labute approximate surface area is 113 Å². The Morgan fingerprint density at radius 1 is 0.833 bits per heavy atom. The molecule has 0 aliphatic carbocycles. The van der Waals surface area contributed by atoms with Gasteiger partial charge in [-0.25, -0.2) is 0 Å². The van der Waals surface area contributed by atoms with E-state index in [1.165, 1.54) is 44.9 Å². The van der Waals surface area contributed by atoms with Gasteiger partial charge in [0, 0.05) is 12.3 Å². The fourth-order valence-corrected chi connectivity index (χ4v) is 1.88. The standard InChI is InChI=1S/C16H31O2/c1-4-5-6-7-8-9-10-11-12-13-16(17)18-14-15(2)3/h4-14H2,1-3H3. The molecule has 0 rings (SSSR count). The van der Waals surface area contributed by atoms with Crippen LogP contribution in [0.1, 0.15) is 85.0 Å². The van der Waals surface area contributed by atoms with Crippen LogP contribution in [0.15, 0.2) is 0 Å². The molecule has 0 N–H and O–H groups in total. The van der Waals surface area contributed by atoms with Crippen LogP contribution < -0.4 is 0 Å². The molecular formula is C16H31O2. The highest BCUT2D eigenvalue weighted by Gasteiger charge is 2.03. The molecule has 0 spiro atoms. The fraction of sp³-hybridized carbons (Fsp3) is 0.875. The van der Waals surface area contributed by atoms with Gasteiger partial charge in [0.1, 0.15) is 0 Å². The second-order valence-electron chi connectivity index (χ2n) is 5.45. The summed E-state index contributed by atoms with van der Waals surface area (Å²) in [6.07, 6.45) is 12.1. The summed E-state index contributed by atoms with van der Waals surface area (Å²) in [6, 6.07) is 0. The van der Waals surface area contributed by atoms with E-state index in [9.17, 15) is 4.79 Å². The van der Waals surface area contributed by atoms with Crippen LogP contribution in [0.5, 0.6) is 0 Å². The third kappa shape index (κ3) is 13.5. The Morgan fingerprint density at radius 3 is 1.83 bits per heavy atom. The van der Waals surface area contributed by atoms with Gasteiger partial charge >= 0.3 is 5.97 Å². The average molecular weight is 255 g/mol. The summed E-state index contributed by atoms with van der Waals surface area (Å²) in [5, 5.41) is 0. The van der Waals surface area contributed by atoms with Crippen molar-refractivity contribution in [3.63, 3.8) is 0 Å². The van der Waals surface area contributed by atoms with E-state index in [0.717, 1.165) is 18.8 Å².